The van der Waals surface area contributed by atoms with Gasteiger partial charge in [-0.2, -0.15) is 0 Å². The van der Waals surface area contributed by atoms with Gasteiger partial charge in [-0.15, -0.1) is 24.0 Å². The Morgan fingerprint density at radius 3 is 2.81 bits per heavy atom. The zero-order valence-corrected chi connectivity index (χ0v) is 18.5. The molecule has 3 N–H and O–H groups in total. The summed E-state index contributed by atoms with van der Waals surface area (Å²) in [6.07, 6.45) is 5.52. The smallest absolute Gasteiger partial charge is 0.224 e. The van der Waals surface area contributed by atoms with E-state index in [0.717, 1.165) is 43.0 Å². The maximum atomic E-state index is 11.8. The number of amides is 1. The van der Waals surface area contributed by atoms with Gasteiger partial charge in [0.05, 0.1) is 24.8 Å². The summed E-state index contributed by atoms with van der Waals surface area (Å²) in [6.45, 7) is 5.45. The van der Waals surface area contributed by atoms with E-state index in [2.05, 4.69) is 22.9 Å². The lowest BCUT2D eigenvalue weighted by atomic mass is 9.96. The monoisotopic (exact) mass is 486 g/mol. The van der Waals surface area contributed by atoms with Gasteiger partial charge in [-0.1, -0.05) is 19.1 Å². The highest BCUT2D eigenvalue weighted by Crippen LogP contribution is 2.34. The zero-order valence-electron chi connectivity index (χ0n) is 16.2. The summed E-state index contributed by atoms with van der Waals surface area (Å²) in [6, 6.07) is 8.24. The molecule has 2 aliphatic heterocycles. The normalized spacial score (nSPS) is 23.6. The second-order valence-electron chi connectivity index (χ2n) is 7.05. The van der Waals surface area contributed by atoms with Crippen molar-refractivity contribution in [2.24, 2.45) is 4.99 Å². The number of carbonyl (C=O) groups excluding carboxylic acids is 1. The van der Waals surface area contributed by atoms with Crippen molar-refractivity contribution in [1.82, 2.24) is 10.6 Å². The number of fused-ring (bicyclic) bond motifs is 2. The number of anilines is 1. The van der Waals surface area contributed by atoms with Crippen LogP contribution in [0.4, 0.5) is 5.69 Å². The number of rotatable bonds is 7. The van der Waals surface area contributed by atoms with E-state index in [4.69, 9.17) is 9.73 Å². The van der Waals surface area contributed by atoms with Crippen molar-refractivity contribution < 1.29 is 9.53 Å². The molecule has 0 saturated carbocycles. The molecule has 0 aliphatic carbocycles. The van der Waals surface area contributed by atoms with Crippen LogP contribution in [0.3, 0.4) is 0 Å². The van der Waals surface area contributed by atoms with Crippen molar-refractivity contribution in [1.29, 1.82) is 0 Å². The number of guanidine groups is 1. The fourth-order valence-electron chi connectivity index (χ4n) is 3.65. The molecule has 2 fully saturated rings. The first-order chi connectivity index (χ1) is 12.7. The lowest BCUT2D eigenvalue weighted by Gasteiger charge is -2.22. The molecule has 3 unspecified atom stereocenters. The summed E-state index contributed by atoms with van der Waals surface area (Å²) in [5.74, 6) is 0.883. The van der Waals surface area contributed by atoms with Crippen molar-refractivity contribution in [2.45, 2.75) is 70.7 Å². The van der Waals surface area contributed by atoms with E-state index in [1.165, 1.54) is 6.42 Å². The van der Waals surface area contributed by atoms with Gasteiger partial charge >= 0.3 is 0 Å². The Morgan fingerprint density at radius 2 is 2.15 bits per heavy atom. The SMILES string of the molecule is CCCC(=O)Nc1cccc(CN=C(NCC)NC2CC3CCC2O3)c1.I. The number of nitrogens with zero attached hydrogens (tertiary/aromatic N) is 1. The quantitative estimate of drug-likeness (QED) is 0.314. The Morgan fingerprint density at radius 1 is 1.30 bits per heavy atom. The molecule has 7 heteroatoms. The maximum absolute atomic E-state index is 11.8. The third kappa shape index (κ3) is 6.34. The largest absolute Gasteiger partial charge is 0.373 e. The first-order valence-corrected chi connectivity index (χ1v) is 9.77. The van der Waals surface area contributed by atoms with Crippen LogP contribution in [0.2, 0.25) is 0 Å². The number of benzene rings is 1. The van der Waals surface area contributed by atoms with Crippen LogP contribution in [-0.2, 0) is 16.1 Å². The number of ether oxygens (including phenoxy) is 1. The van der Waals surface area contributed by atoms with Crippen LogP contribution in [0.1, 0.15) is 51.5 Å². The molecule has 1 amide bonds. The van der Waals surface area contributed by atoms with E-state index in [1.807, 2.05) is 31.2 Å². The molecule has 3 rings (SSSR count). The van der Waals surface area contributed by atoms with Gasteiger partial charge < -0.3 is 20.7 Å². The molecule has 150 valence electrons. The average Bonchev–Trinajstić information content (AvgIpc) is 3.23. The lowest BCUT2D eigenvalue weighted by molar-refractivity contribution is -0.116. The summed E-state index contributed by atoms with van der Waals surface area (Å²) in [7, 11) is 0. The minimum atomic E-state index is 0. The third-order valence-corrected chi connectivity index (χ3v) is 4.88. The molecule has 2 bridgehead atoms. The van der Waals surface area contributed by atoms with Gasteiger partial charge in [0.1, 0.15) is 0 Å². The van der Waals surface area contributed by atoms with Gasteiger partial charge in [-0.05, 0) is 50.3 Å². The standard InChI is InChI=1S/C20H30N4O2.HI/c1-3-6-19(25)23-15-8-5-7-14(11-15)13-22-20(21-4-2)24-17-12-16-9-10-18(17)26-16;/h5,7-8,11,16-18H,3-4,6,9-10,12-13H2,1-2H3,(H,23,25)(H2,21,22,24);1H. The van der Waals surface area contributed by atoms with Gasteiger partial charge in [-0.3, -0.25) is 4.79 Å². The molecule has 2 saturated heterocycles. The fraction of sp³-hybridized carbons (Fsp3) is 0.600. The van der Waals surface area contributed by atoms with Gasteiger partial charge in [0.15, 0.2) is 5.96 Å². The Balaban J connectivity index is 0.00000261. The van der Waals surface area contributed by atoms with Crippen LogP contribution < -0.4 is 16.0 Å². The second-order valence-corrected chi connectivity index (χ2v) is 7.05. The van der Waals surface area contributed by atoms with Crippen molar-refractivity contribution in [2.75, 3.05) is 11.9 Å². The summed E-state index contributed by atoms with van der Waals surface area (Å²) in [5.41, 5.74) is 1.90. The van der Waals surface area contributed by atoms with E-state index in [9.17, 15) is 4.79 Å². The zero-order chi connectivity index (χ0) is 18.4. The minimum absolute atomic E-state index is 0. The highest BCUT2D eigenvalue weighted by atomic mass is 127. The highest BCUT2D eigenvalue weighted by Gasteiger charge is 2.41. The molecule has 0 aromatic heterocycles. The van der Waals surface area contributed by atoms with E-state index < -0.39 is 0 Å². The van der Waals surface area contributed by atoms with Crippen LogP contribution in [0.5, 0.6) is 0 Å². The Hall–Kier alpha value is -1.35. The molecular weight excluding hydrogens is 455 g/mol. The Labute approximate surface area is 178 Å². The number of halogens is 1. The van der Waals surface area contributed by atoms with E-state index >= 15 is 0 Å². The summed E-state index contributed by atoms with van der Waals surface area (Å²) >= 11 is 0. The summed E-state index contributed by atoms with van der Waals surface area (Å²) in [4.78, 5) is 16.5. The van der Waals surface area contributed by atoms with Gasteiger partial charge in [-0.25, -0.2) is 4.99 Å². The molecule has 3 atom stereocenters. The highest BCUT2D eigenvalue weighted by molar-refractivity contribution is 14.0. The van der Waals surface area contributed by atoms with Crippen molar-refractivity contribution in [3.63, 3.8) is 0 Å². The number of hydrogen-bond donors (Lipinski definition) is 3. The molecule has 2 heterocycles. The molecular formula is C20H31IN4O2. The maximum Gasteiger partial charge on any atom is 0.224 e. The van der Waals surface area contributed by atoms with Crippen LogP contribution in [0.25, 0.3) is 0 Å². The second kappa shape index (κ2) is 10.8. The molecule has 27 heavy (non-hydrogen) atoms. The number of nitrogens with one attached hydrogen (secondary N) is 3. The van der Waals surface area contributed by atoms with Crippen LogP contribution >= 0.6 is 24.0 Å². The van der Waals surface area contributed by atoms with Crippen molar-refractivity contribution in [3.8, 4) is 0 Å². The van der Waals surface area contributed by atoms with E-state index in [-0.39, 0.29) is 29.9 Å². The van der Waals surface area contributed by atoms with Gasteiger partial charge in [0.2, 0.25) is 5.91 Å². The van der Waals surface area contributed by atoms with Crippen molar-refractivity contribution in [3.05, 3.63) is 29.8 Å². The topological polar surface area (TPSA) is 74.8 Å². The predicted molar refractivity (Wildman–Crippen MR) is 120 cm³/mol. The van der Waals surface area contributed by atoms with E-state index in [0.29, 0.717) is 31.2 Å². The van der Waals surface area contributed by atoms with Crippen LogP contribution in [-0.4, -0.2) is 36.7 Å². The fourth-order valence-corrected chi connectivity index (χ4v) is 3.65. The third-order valence-electron chi connectivity index (χ3n) is 4.88. The first-order valence-electron chi connectivity index (χ1n) is 9.77. The summed E-state index contributed by atoms with van der Waals surface area (Å²) in [5, 5.41) is 9.78. The lowest BCUT2D eigenvalue weighted by Crippen LogP contribution is -2.47. The molecule has 6 nitrogen and oxygen atoms in total. The molecule has 2 aliphatic rings. The number of hydrogen-bond acceptors (Lipinski definition) is 3. The number of aliphatic imine (C=N–C) groups is 1. The Kier molecular flexibility index (Phi) is 8.82. The number of carbonyl (C=O) groups is 1. The van der Waals surface area contributed by atoms with Crippen LogP contribution in [0.15, 0.2) is 29.3 Å². The predicted octanol–water partition coefficient (Wildman–Crippen LogP) is 3.42. The van der Waals surface area contributed by atoms with E-state index in [1.54, 1.807) is 0 Å². The first kappa shape index (κ1) is 21.9. The minimum Gasteiger partial charge on any atom is -0.373 e. The van der Waals surface area contributed by atoms with Crippen molar-refractivity contribution >= 4 is 41.5 Å². The van der Waals surface area contributed by atoms with Gasteiger partial charge in [0.25, 0.3) is 0 Å². The molecule has 0 radical (unpaired) electrons. The van der Waals surface area contributed by atoms with Gasteiger partial charge in [0, 0.05) is 18.7 Å². The summed E-state index contributed by atoms with van der Waals surface area (Å²) < 4.78 is 5.91. The van der Waals surface area contributed by atoms with Crippen LogP contribution in [0, 0.1) is 0 Å². The molecule has 0 spiro atoms. The Bertz CT molecular complexity index is 653. The molecule has 1 aromatic rings. The molecule has 1 aromatic carbocycles. The average molecular weight is 486 g/mol.